The molecule has 0 aliphatic heterocycles. The van der Waals surface area contributed by atoms with Crippen LogP contribution in [0.2, 0.25) is 0 Å². The molecule has 0 spiro atoms. The second-order valence-electron chi connectivity index (χ2n) is 9.29. The highest BCUT2D eigenvalue weighted by Crippen LogP contribution is 2.29. The third kappa shape index (κ3) is 7.22. The molecule has 5 aromatic rings. The molecule has 0 aliphatic rings. The van der Waals surface area contributed by atoms with Crippen molar-refractivity contribution in [2.45, 2.75) is 26.4 Å². The monoisotopic (exact) mass is 554 g/mol. The van der Waals surface area contributed by atoms with E-state index in [4.69, 9.17) is 19.2 Å². The summed E-state index contributed by atoms with van der Waals surface area (Å²) in [5.41, 5.74) is 2.52. The molecule has 1 heterocycles. The summed E-state index contributed by atoms with van der Waals surface area (Å²) in [6.45, 7) is 2.45. The Balaban J connectivity index is 1.38. The Kier molecular flexibility index (Phi) is 8.79. The topological polar surface area (TPSA) is 70.5 Å². The molecule has 0 aliphatic carbocycles. The first-order valence-corrected chi connectivity index (χ1v) is 13.3. The van der Waals surface area contributed by atoms with Crippen molar-refractivity contribution >= 4 is 16.7 Å². The van der Waals surface area contributed by atoms with Crippen LogP contribution in [0.3, 0.4) is 0 Å². The lowest BCUT2D eigenvalue weighted by atomic mass is 10.1. The van der Waals surface area contributed by atoms with Crippen molar-refractivity contribution in [3.63, 3.8) is 0 Å². The van der Waals surface area contributed by atoms with Crippen LogP contribution in [0.5, 0.6) is 11.6 Å². The van der Waals surface area contributed by atoms with Gasteiger partial charge in [-0.3, -0.25) is 4.79 Å². The molecule has 0 bridgehead atoms. The van der Waals surface area contributed by atoms with Gasteiger partial charge in [-0.15, -0.1) is 0 Å². The van der Waals surface area contributed by atoms with Gasteiger partial charge < -0.3 is 14.2 Å². The lowest BCUT2D eigenvalue weighted by Crippen LogP contribution is -2.06. The smallest absolute Gasteiger partial charge is 0.305 e. The summed E-state index contributed by atoms with van der Waals surface area (Å²) in [7, 11) is 0. The molecule has 5 rings (SSSR count). The van der Waals surface area contributed by atoms with Crippen LogP contribution in [0.1, 0.15) is 25.3 Å². The maximum atomic E-state index is 14.2. The number of fused-ring (bicyclic) bond motifs is 1. The summed E-state index contributed by atoms with van der Waals surface area (Å²) in [6.07, 6.45) is 0.889. The van der Waals surface area contributed by atoms with Gasteiger partial charge in [-0.25, -0.2) is 13.8 Å². The van der Waals surface area contributed by atoms with Crippen LogP contribution in [-0.4, -0.2) is 29.2 Å². The number of carbonyl (C=O) groups excluding carboxylic acids is 1. The zero-order valence-corrected chi connectivity index (χ0v) is 22.5. The number of esters is 1. The molecule has 4 aromatic carbocycles. The van der Waals surface area contributed by atoms with E-state index in [2.05, 4.69) is 4.98 Å². The Morgan fingerprint density at radius 2 is 1.61 bits per heavy atom. The Bertz CT molecular complexity index is 1660. The van der Waals surface area contributed by atoms with Crippen molar-refractivity contribution in [3.8, 4) is 34.3 Å². The number of nitrogens with zero attached hydrogens (tertiary/aromatic N) is 2. The number of ether oxygens (including phenoxy) is 3. The van der Waals surface area contributed by atoms with Gasteiger partial charge in [0, 0.05) is 35.2 Å². The molecule has 0 N–H and O–H groups in total. The first-order valence-electron chi connectivity index (χ1n) is 13.3. The third-order valence-electron chi connectivity index (χ3n) is 6.33. The number of hydrogen-bond acceptors (Lipinski definition) is 6. The van der Waals surface area contributed by atoms with Crippen molar-refractivity contribution < 1.29 is 27.8 Å². The first-order chi connectivity index (χ1) is 20.0. The van der Waals surface area contributed by atoms with Gasteiger partial charge in [-0.2, -0.15) is 4.98 Å². The number of benzene rings is 4. The minimum atomic E-state index is -0.681. The van der Waals surface area contributed by atoms with E-state index in [-0.39, 0.29) is 24.0 Å². The van der Waals surface area contributed by atoms with E-state index in [9.17, 15) is 13.6 Å². The molecular formula is C33H28F2N2O4. The fourth-order valence-corrected chi connectivity index (χ4v) is 4.27. The van der Waals surface area contributed by atoms with Crippen molar-refractivity contribution in [1.82, 2.24) is 9.97 Å². The second kappa shape index (κ2) is 13.0. The van der Waals surface area contributed by atoms with E-state index in [0.717, 1.165) is 28.0 Å². The van der Waals surface area contributed by atoms with Crippen molar-refractivity contribution in [2.24, 2.45) is 0 Å². The zero-order valence-electron chi connectivity index (χ0n) is 22.5. The molecule has 6 nitrogen and oxygen atoms in total. The zero-order chi connectivity index (χ0) is 28.6. The average Bonchev–Trinajstić information content (AvgIpc) is 2.99. The quantitative estimate of drug-likeness (QED) is 0.124. The molecular weight excluding hydrogens is 526 g/mol. The second-order valence-corrected chi connectivity index (χ2v) is 9.29. The predicted octanol–water partition coefficient (Wildman–Crippen LogP) is 7.54. The molecule has 0 saturated carbocycles. The summed E-state index contributed by atoms with van der Waals surface area (Å²) >= 11 is 0. The fraction of sp³-hybridized carbons (Fsp3) is 0.182. The number of carbonyl (C=O) groups is 1. The van der Waals surface area contributed by atoms with Crippen LogP contribution in [0, 0.1) is 11.6 Å². The van der Waals surface area contributed by atoms with E-state index < -0.39 is 11.6 Å². The third-order valence-corrected chi connectivity index (χ3v) is 6.33. The summed E-state index contributed by atoms with van der Waals surface area (Å²) in [5.74, 6) is -0.131. The van der Waals surface area contributed by atoms with Crippen LogP contribution >= 0.6 is 0 Å². The molecule has 1 aromatic heterocycles. The van der Waals surface area contributed by atoms with Gasteiger partial charge in [-0.05, 0) is 54.4 Å². The normalized spacial score (nSPS) is 10.9. The highest BCUT2D eigenvalue weighted by molar-refractivity contribution is 5.87. The Hall–Kier alpha value is -4.85. The van der Waals surface area contributed by atoms with Gasteiger partial charge in [0.05, 0.1) is 18.9 Å². The molecule has 0 amide bonds. The highest BCUT2D eigenvalue weighted by atomic mass is 19.1. The summed E-state index contributed by atoms with van der Waals surface area (Å²) in [4.78, 5) is 20.9. The van der Waals surface area contributed by atoms with Crippen LogP contribution in [-0.2, 0) is 16.1 Å². The maximum Gasteiger partial charge on any atom is 0.305 e. The SMILES string of the molecule is CCOC(=O)CCCOc1ccc2cc(-c3nc(OCc4ccc(F)cc4F)cc(-c4ccccc4)n3)ccc2c1. The maximum absolute atomic E-state index is 14.2. The minimum Gasteiger partial charge on any atom is -0.494 e. The van der Waals surface area contributed by atoms with Crippen molar-refractivity contribution in [1.29, 1.82) is 0 Å². The summed E-state index contributed by atoms with van der Waals surface area (Å²) in [5, 5.41) is 1.94. The number of aromatic nitrogens is 2. The van der Waals surface area contributed by atoms with Gasteiger partial charge in [0.2, 0.25) is 5.88 Å². The van der Waals surface area contributed by atoms with E-state index in [1.807, 2.05) is 66.7 Å². The van der Waals surface area contributed by atoms with Gasteiger partial charge in [-0.1, -0.05) is 48.5 Å². The number of halogens is 2. The van der Waals surface area contributed by atoms with E-state index in [1.165, 1.54) is 12.1 Å². The van der Waals surface area contributed by atoms with Crippen LogP contribution in [0.15, 0.2) is 91.0 Å². The predicted molar refractivity (Wildman–Crippen MR) is 152 cm³/mol. The molecule has 0 fully saturated rings. The molecule has 0 unspecified atom stereocenters. The van der Waals surface area contributed by atoms with Gasteiger partial charge in [0.1, 0.15) is 24.0 Å². The molecule has 208 valence electrons. The Labute approximate surface area is 236 Å². The Morgan fingerprint density at radius 3 is 2.41 bits per heavy atom. The fourth-order valence-electron chi connectivity index (χ4n) is 4.27. The lowest BCUT2D eigenvalue weighted by Gasteiger charge is -2.12. The molecule has 41 heavy (non-hydrogen) atoms. The average molecular weight is 555 g/mol. The van der Waals surface area contributed by atoms with Crippen LogP contribution in [0.25, 0.3) is 33.4 Å². The largest absolute Gasteiger partial charge is 0.494 e. The molecule has 0 radical (unpaired) electrons. The van der Waals surface area contributed by atoms with E-state index in [0.29, 0.717) is 43.3 Å². The van der Waals surface area contributed by atoms with E-state index in [1.54, 1.807) is 13.0 Å². The van der Waals surface area contributed by atoms with Crippen molar-refractivity contribution in [2.75, 3.05) is 13.2 Å². The number of hydrogen-bond donors (Lipinski definition) is 0. The summed E-state index contributed by atoms with van der Waals surface area (Å²) < 4.78 is 44.1. The van der Waals surface area contributed by atoms with Gasteiger partial charge in [0.25, 0.3) is 0 Å². The number of rotatable bonds is 11. The minimum absolute atomic E-state index is 0.114. The molecule has 0 atom stereocenters. The Morgan fingerprint density at radius 1 is 0.805 bits per heavy atom. The highest BCUT2D eigenvalue weighted by Gasteiger charge is 2.12. The van der Waals surface area contributed by atoms with Gasteiger partial charge in [0.15, 0.2) is 5.82 Å². The molecule has 8 heteroatoms. The lowest BCUT2D eigenvalue weighted by molar-refractivity contribution is -0.143. The molecule has 0 saturated heterocycles. The standard InChI is InChI=1S/C33H28F2N2O4/c1-2-39-32(38)9-6-16-40-28-15-13-23-17-25(11-10-24(23)18-28)33-36-30(22-7-4-3-5-8-22)20-31(37-33)41-21-26-12-14-27(34)19-29(26)35/h3-5,7-8,10-15,17-20H,2,6,9,16,21H2,1H3. The van der Waals surface area contributed by atoms with E-state index >= 15 is 0 Å². The summed E-state index contributed by atoms with van der Waals surface area (Å²) in [6, 6.07) is 26.3. The van der Waals surface area contributed by atoms with Crippen LogP contribution < -0.4 is 9.47 Å². The first kappa shape index (κ1) is 27.7. The van der Waals surface area contributed by atoms with Crippen molar-refractivity contribution in [3.05, 3.63) is 108 Å². The van der Waals surface area contributed by atoms with Crippen LogP contribution in [0.4, 0.5) is 8.78 Å². The van der Waals surface area contributed by atoms with Gasteiger partial charge >= 0.3 is 5.97 Å².